The first-order chi connectivity index (χ1) is 10.1. The molecule has 21 heavy (non-hydrogen) atoms. The summed E-state index contributed by atoms with van der Waals surface area (Å²) in [6.45, 7) is 7.13. The summed E-state index contributed by atoms with van der Waals surface area (Å²) in [5.41, 5.74) is 2.79. The lowest BCUT2D eigenvalue weighted by atomic mass is 10.0. The molecule has 1 unspecified atom stereocenters. The van der Waals surface area contributed by atoms with Crippen molar-refractivity contribution in [1.29, 1.82) is 0 Å². The van der Waals surface area contributed by atoms with Crippen LogP contribution in [0.25, 0.3) is 5.65 Å². The van der Waals surface area contributed by atoms with Crippen LogP contribution in [0.3, 0.4) is 0 Å². The minimum atomic E-state index is -0.909. The van der Waals surface area contributed by atoms with Crippen molar-refractivity contribution in [3.63, 3.8) is 0 Å². The summed E-state index contributed by atoms with van der Waals surface area (Å²) in [6.07, 6.45) is 3.59. The fraction of sp³-hybridized carbons (Fsp3) is 0.467. The zero-order chi connectivity index (χ0) is 15.0. The first-order valence-electron chi connectivity index (χ1n) is 7.11. The number of morpholine rings is 1. The summed E-state index contributed by atoms with van der Waals surface area (Å²) in [5.74, 6) is -0.909. The Balaban J connectivity index is 2.12. The SMILES string of the molecule is Cc1c(C(=O)O)cc2nccn2c1C(C)N1CCOCC1. The van der Waals surface area contributed by atoms with Crippen molar-refractivity contribution in [1.82, 2.24) is 14.3 Å². The highest BCUT2D eigenvalue weighted by molar-refractivity contribution is 5.91. The summed E-state index contributed by atoms with van der Waals surface area (Å²) >= 11 is 0. The predicted octanol–water partition coefficient (Wildman–Crippen LogP) is 1.73. The second-order valence-corrected chi connectivity index (χ2v) is 5.35. The van der Waals surface area contributed by atoms with Crippen LogP contribution in [0.15, 0.2) is 18.5 Å². The van der Waals surface area contributed by atoms with Crippen LogP contribution >= 0.6 is 0 Å². The topological polar surface area (TPSA) is 67.1 Å². The molecule has 1 fully saturated rings. The standard InChI is InChI=1S/C15H19N3O3/c1-10-12(15(19)20)9-13-16-3-4-18(13)14(10)11(2)17-5-7-21-8-6-17/h3-4,9,11H,5-8H2,1-2H3,(H,19,20). The van der Waals surface area contributed by atoms with Gasteiger partial charge in [0.25, 0.3) is 0 Å². The fourth-order valence-electron chi connectivity index (χ4n) is 3.06. The van der Waals surface area contributed by atoms with E-state index in [2.05, 4.69) is 16.8 Å². The average Bonchev–Trinajstić information content (AvgIpc) is 2.94. The Labute approximate surface area is 123 Å². The van der Waals surface area contributed by atoms with Crippen LogP contribution in [0.2, 0.25) is 0 Å². The lowest BCUT2D eigenvalue weighted by molar-refractivity contribution is 0.0187. The van der Waals surface area contributed by atoms with E-state index >= 15 is 0 Å². The van der Waals surface area contributed by atoms with E-state index in [0.717, 1.165) is 37.6 Å². The van der Waals surface area contributed by atoms with Crippen LogP contribution in [0.4, 0.5) is 0 Å². The molecule has 0 amide bonds. The Hall–Kier alpha value is -1.92. The first kappa shape index (κ1) is 14.0. The van der Waals surface area contributed by atoms with Crippen molar-refractivity contribution in [3.05, 3.63) is 35.3 Å². The molecule has 0 aliphatic carbocycles. The van der Waals surface area contributed by atoms with Crippen molar-refractivity contribution >= 4 is 11.6 Å². The summed E-state index contributed by atoms with van der Waals surface area (Å²) in [6, 6.07) is 1.75. The molecule has 0 saturated carbocycles. The van der Waals surface area contributed by atoms with Crippen LogP contribution in [-0.4, -0.2) is 51.7 Å². The van der Waals surface area contributed by atoms with E-state index in [4.69, 9.17) is 4.74 Å². The van der Waals surface area contributed by atoms with Crippen molar-refractivity contribution in [2.75, 3.05) is 26.3 Å². The predicted molar refractivity (Wildman–Crippen MR) is 77.7 cm³/mol. The van der Waals surface area contributed by atoms with E-state index in [-0.39, 0.29) is 6.04 Å². The van der Waals surface area contributed by atoms with Crippen molar-refractivity contribution < 1.29 is 14.6 Å². The number of rotatable bonds is 3. The van der Waals surface area contributed by atoms with E-state index in [1.807, 2.05) is 17.5 Å². The Morgan fingerprint density at radius 2 is 2.14 bits per heavy atom. The number of nitrogens with zero attached hydrogens (tertiary/aromatic N) is 3. The number of fused-ring (bicyclic) bond motifs is 1. The highest BCUT2D eigenvalue weighted by atomic mass is 16.5. The molecule has 1 aliphatic rings. The number of imidazole rings is 1. The van der Waals surface area contributed by atoms with Gasteiger partial charge in [-0.25, -0.2) is 9.78 Å². The Morgan fingerprint density at radius 3 is 2.81 bits per heavy atom. The molecule has 0 aromatic carbocycles. The molecule has 0 spiro atoms. The van der Waals surface area contributed by atoms with Gasteiger partial charge in [-0.15, -0.1) is 0 Å². The lowest BCUT2D eigenvalue weighted by Crippen LogP contribution is -2.39. The molecule has 2 aromatic rings. The van der Waals surface area contributed by atoms with Crippen LogP contribution in [-0.2, 0) is 4.74 Å². The molecule has 6 heteroatoms. The highest BCUT2D eigenvalue weighted by Crippen LogP contribution is 2.27. The van der Waals surface area contributed by atoms with Crippen LogP contribution in [0.5, 0.6) is 0 Å². The Morgan fingerprint density at radius 1 is 1.43 bits per heavy atom. The number of aromatic carboxylic acids is 1. The highest BCUT2D eigenvalue weighted by Gasteiger charge is 2.25. The van der Waals surface area contributed by atoms with Crippen molar-refractivity contribution in [2.24, 2.45) is 0 Å². The van der Waals surface area contributed by atoms with Gasteiger partial charge in [-0.1, -0.05) is 0 Å². The molecule has 0 bridgehead atoms. The first-order valence-corrected chi connectivity index (χ1v) is 7.11. The molecule has 1 saturated heterocycles. The summed E-state index contributed by atoms with van der Waals surface area (Å²) in [4.78, 5) is 18.0. The zero-order valence-electron chi connectivity index (χ0n) is 12.2. The Kier molecular flexibility index (Phi) is 3.65. The van der Waals surface area contributed by atoms with Crippen LogP contribution < -0.4 is 0 Å². The maximum Gasteiger partial charge on any atom is 0.336 e. The van der Waals surface area contributed by atoms with Gasteiger partial charge in [0.15, 0.2) is 0 Å². The number of aromatic nitrogens is 2. The molecule has 1 N–H and O–H groups in total. The monoisotopic (exact) mass is 289 g/mol. The summed E-state index contributed by atoms with van der Waals surface area (Å²) < 4.78 is 7.38. The lowest BCUT2D eigenvalue weighted by Gasteiger charge is -2.33. The zero-order valence-corrected chi connectivity index (χ0v) is 12.2. The molecule has 0 radical (unpaired) electrons. The molecule has 1 aliphatic heterocycles. The number of hydrogen-bond acceptors (Lipinski definition) is 4. The van der Waals surface area contributed by atoms with Gasteiger partial charge < -0.3 is 14.2 Å². The van der Waals surface area contributed by atoms with E-state index in [1.165, 1.54) is 0 Å². The van der Waals surface area contributed by atoms with Gasteiger partial charge in [-0.05, 0) is 25.5 Å². The average molecular weight is 289 g/mol. The minimum Gasteiger partial charge on any atom is -0.478 e. The fourth-order valence-corrected chi connectivity index (χ4v) is 3.06. The molecule has 3 rings (SSSR count). The minimum absolute atomic E-state index is 0.116. The third kappa shape index (κ3) is 2.41. The Bertz CT molecular complexity index is 674. The van der Waals surface area contributed by atoms with E-state index in [0.29, 0.717) is 11.2 Å². The third-order valence-electron chi connectivity index (χ3n) is 4.21. The number of carboxylic acids is 1. The van der Waals surface area contributed by atoms with Gasteiger partial charge >= 0.3 is 5.97 Å². The smallest absolute Gasteiger partial charge is 0.336 e. The summed E-state index contributed by atoms with van der Waals surface area (Å²) in [5, 5.41) is 9.41. The quantitative estimate of drug-likeness (QED) is 0.932. The van der Waals surface area contributed by atoms with Crippen molar-refractivity contribution in [3.8, 4) is 0 Å². The van der Waals surface area contributed by atoms with E-state index in [9.17, 15) is 9.90 Å². The normalized spacial score (nSPS) is 18.0. The molecule has 2 aromatic heterocycles. The largest absolute Gasteiger partial charge is 0.478 e. The molecular weight excluding hydrogens is 270 g/mol. The number of hydrogen-bond donors (Lipinski definition) is 1. The molecule has 1 atom stereocenters. The molecule has 3 heterocycles. The number of carbonyl (C=O) groups is 1. The molecule has 6 nitrogen and oxygen atoms in total. The van der Waals surface area contributed by atoms with Gasteiger partial charge in [0.05, 0.1) is 18.8 Å². The number of ether oxygens (including phenoxy) is 1. The number of carboxylic acid groups (broad SMARTS) is 1. The van der Waals surface area contributed by atoms with Gasteiger partial charge in [0, 0.05) is 37.2 Å². The van der Waals surface area contributed by atoms with E-state index in [1.54, 1.807) is 12.3 Å². The second kappa shape index (κ2) is 5.46. The summed E-state index contributed by atoms with van der Waals surface area (Å²) in [7, 11) is 0. The van der Waals surface area contributed by atoms with Crippen LogP contribution in [0, 0.1) is 6.92 Å². The third-order valence-corrected chi connectivity index (χ3v) is 4.21. The van der Waals surface area contributed by atoms with E-state index < -0.39 is 5.97 Å². The van der Waals surface area contributed by atoms with Crippen LogP contribution in [0.1, 0.15) is 34.6 Å². The maximum atomic E-state index is 11.5. The maximum absolute atomic E-state index is 11.5. The van der Waals surface area contributed by atoms with Gasteiger partial charge in [0.2, 0.25) is 0 Å². The van der Waals surface area contributed by atoms with Gasteiger partial charge in [0.1, 0.15) is 5.65 Å². The second-order valence-electron chi connectivity index (χ2n) is 5.35. The van der Waals surface area contributed by atoms with Crippen molar-refractivity contribution in [2.45, 2.75) is 19.9 Å². The van der Waals surface area contributed by atoms with Gasteiger partial charge in [-0.2, -0.15) is 0 Å². The number of pyridine rings is 1. The molecule has 112 valence electrons. The molecular formula is C15H19N3O3. The van der Waals surface area contributed by atoms with Gasteiger partial charge in [-0.3, -0.25) is 4.90 Å².